The summed E-state index contributed by atoms with van der Waals surface area (Å²) in [5, 5.41) is 0. The topological polar surface area (TPSA) is 43.6 Å². The van der Waals surface area contributed by atoms with E-state index in [1.807, 2.05) is 6.33 Å². The van der Waals surface area contributed by atoms with Crippen molar-refractivity contribution in [2.75, 3.05) is 0 Å². The maximum atomic E-state index is 4.28. The van der Waals surface area contributed by atoms with Crippen LogP contribution >= 0.6 is 0 Å². The molecule has 2 heterocycles. The molecule has 15 heavy (non-hydrogen) atoms. The number of allylic oxidation sites excluding steroid dienone is 2. The van der Waals surface area contributed by atoms with Crippen molar-refractivity contribution in [2.24, 2.45) is 0 Å². The van der Waals surface area contributed by atoms with Crippen LogP contribution < -0.4 is 0 Å². The SMILES string of the molecule is [CH]1CC=CC(n2cnc3cncnc32)C1. The second kappa shape index (κ2) is 3.46. The Labute approximate surface area is 87.7 Å². The first-order valence-corrected chi connectivity index (χ1v) is 5.06. The van der Waals surface area contributed by atoms with Crippen LogP contribution in [0, 0.1) is 6.42 Å². The summed E-state index contributed by atoms with van der Waals surface area (Å²) in [5.41, 5.74) is 1.77. The zero-order valence-corrected chi connectivity index (χ0v) is 8.24. The average molecular weight is 199 g/mol. The van der Waals surface area contributed by atoms with E-state index >= 15 is 0 Å². The third-order valence-electron chi connectivity index (χ3n) is 2.66. The Kier molecular flexibility index (Phi) is 1.98. The molecule has 2 aromatic heterocycles. The molecular weight excluding hydrogens is 188 g/mol. The second-order valence-corrected chi connectivity index (χ2v) is 3.64. The molecule has 1 aliphatic rings. The summed E-state index contributed by atoms with van der Waals surface area (Å²) in [5.74, 6) is 0. The molecule has 0 bridgehead atoms. The first-order chi connectivity index (χ1) is 7.45. The Morgan fingerprint density at radius 1 is 1.33 bits per heavy atom. The van der Waals surface area contributed by atoms with Gasteiger partial charge >= 0.3 is 0 Å². The molecule has 0 aromatic carbocycles. The van der Waals surface area contributed by atoms with E-state index in [4.69, 9.17) is 0 Å². The first kappa shape index (κ1) is 8.59. The van der Waals surface area contributed by atoms with Gasteiger partial charge in [-0.25, -0.2) is 15.0 Å². The van der Waals surface area contributed by atoms with Gasteiger partial charge in [0.05, 0.1) is 18.6 Å². The number of rotatable bonds is 1. The van der Waals surface area contributed by atoms with Crippen LogP contribution in [0.3, 0.4) is 0 Å². The predicted molar refractivity (Wildman–Crippen MR) is 57.0 cm³/mol. The molecule has 1 unspecified atom stereocenters. The lowest BCUT2D eigenvalue weighted by atomic mass is 10.0. The molecule has 0 aliphatic heterocycles. The van der Waals surface area contributed by atoms with Gasteiger partial charge in [0.25, 0.3) is 0 Å². The van der Waals surface area contributed by atoms with Gasteiger partial charge in [0.1, 0.15) is 11.8 Å². The number of hydrogen-bond acceptors (Lipinski definition) is 3. The molecule has 0 N–H and O–H groups in total. The van der Waals surface area contributed by atoms with Gasteiger partial charge in [0.2, 0.25) is 0 Å². The van der Waals surface area contributed by atoms with Gasteiger partial charge in [-0.05, 0) is 19.3 Å². The minimum absolute atomic E-state index is 0.360. The maximum absolute atomic E-state index is 4.28. The summed E-state index contributed by atoms with van der Waals surface area (Å²) in [6.45, 7) is 0. The minimum Gasteiger partial charge on any atom is -0.308 e. The molecule has 0 spiro atoms. The lowest BCUT2D eigenvalue weighted by molar-refractivity contribution is 0.585. The van der Waals surface area contributed by atoms with Gasteiger partial charge < -0.3 is 4.57 Å². The third-order valence-corrected chi connectivity index (χ3v) is 2.66. The van der Waals surface area contributed by atoms with E-state index in [0.717, 1.165) is 24.0 Å². The Hall–Kier alpha value is -1.71. The molecule has 0 fully saturated rings. The fourth-order valence-electron chi connectivity index (χ4n) is 1.91. The normalized spacial score (nSPS) is 20.9. The minimum atomic E-state index is 0.360. The average Bonchev–Trinajstić information content (AvgIpc) is 2.74. The zero-order chi connectivity index (χ0) is 10.1. The van der Waals surface area contributed by atoms with Crippen molar-refractivity contribution >= 4 is 11.2 Å². The summed E-state index contributed by atoms with van der Waals surface area (Å²) in [6.07, 6.45) is 13.9. The van der Waals surface area contributed by atoms with Crippen LogP contribution in [-0.2, 0) is 0 Å². The number of aromatic nitrogens is 4. The highest BCUT2D eigenvalue weighted by atomic mass is 15.1. The van der Waals surface area contributed by atoms with Crippen LogP contribution in [0.25, 0.3) is 11.2 Å². The van der Waals surface area contributed by atoms with Crippen molar-refractivity contribution in [1.29, 1.82) is 0 Å². The van der Waals surface area contributed by atoms with Gasteiger partial charge in [-0.1, -0.05) is 12.2 Å². The van der Waals surface area contributed by atoms with Crippen LogP contribution in [0.4, 0.5) is 0 Å². The summed E-state index contributed by atoms with van der Waals surface area (Å²) in [7, 11) is 0. The van der Waals surface area contributed by atoms with Crippen molar-refractivity contribution in [3.63, 3.8) is 0 Å². The quantitative estimate of drug-likeness (QED) is 0.659. The van der Waals surface area contributed by atoms with Crippen LogP contribution in [0.2, 0.25) is 0 Å². The molecule has 4 nitrogen and oxygen atoms in total. The summed E-state index contributed by atoms with van der Waals surface area (Å²) < 4.78 is 2.10. The van der Waals surface area contributed by atoms with Gasteiger partial charge in [0.15, 0.2) is 5.65 Å². The molecule has 0 saturated heterocycles. The number of hydrogen-bond donors (Lipinski definition) is 0. The fourth-order valence-corrected chi connectivity index (χ4v) is 1.91. The number of imidazole rings is 1. The van der Waals surface area contributed by atoms with E-state index in [9.17, 15) is 0 Å². The van der Waals surface area contributed by atoms with Crippen LogP contribution in [0.15, 0.2) is 31.0 Å². The Morgan fingerprint density at radius 2 is 2.33 bits per heavy atom. The molecule has 1 radical (unpaired) electrons. The summed E-state index contributed by atoms with van der Waals surface area (Å²) >= 11 is 0. The van der Waals surface area contributed by atoms with E-state index in [2.05, 4.69) is 38.1 Å². The molecule has 4 heteroatoms. The Balaban J connectivity index is 2.10. The molecule has 75 valence electrons. The van der Waals surface area contributed by atoms with E-state index in [1.165, 1.54) is 0 Å². The number of fused-ring (bicyclic) bond motifs is 1. The van der Waals surface area contributed by atoms with Gasteiger partial charge in [-0.15, -0.1) is 0 Å². The van der Waals surface area contributed by atoms with Crippen molar-refractivity contribution in [1.82, 2.24) is 19.5 Å². The highest BCUT2D eigenvalue weighted by Gasteiger charge is 2.13. The summed E-state index contributed by atoms with van der Waals surface area (Å²) in [4.78, 5) is 12.5. The third kappa shape index (κ3) is 1.42. The van der Waals surface area contributed by atoms with Crippen LogP contribution in [-0.4, -0.2) is 19.5 Å². The molecule has 0 amide bonds. The second-order valence-electron chi connectivity index (χ2n) is 3.64. The predicted octanol–water partition coefficient (Wildman–Crippen LogP) is 1.92. The molecular formula is C11H11N4. The Bertz CT molecular complexity index is 500. The highest BCUT2D eigenvalue weighted by Crippen LogP contribution is 2.24. The Morgan fingerprint density at radius 3 is 3.20 bits per heavy atom. The molecule has 1 aliphatic carbocycles. The molecule has 1 atom stereocenters. The molecule has 0 saturated carbocycles. The van der Waals surface area contributed by atoms with Crippen molar-refractivity contribution < 1.29 is 0 Å². The van der Waals surface area contributed by atoms with Gasteiger partial charge in [-0.3, -0.25) is 0 Å². The van der Waals surface area contributed by atoms with Crippen molar-refractivity contribution in [3.8, 4) is 0 Å². The van der Waals surface area contributed by atoms with E-state index in [-0.39, 0.29) is 0 Å². The van der Waals surface area contributed by atoms with Crippen LogP contribution in [0.5, 0.6) is 0 Å². The van der Waals surface area contributed by atoms with Gasteiger partial charge in [-0.2, -0.15) is 0 Å². The van der Waals surface area contributed by atoms with Crippen molar-refractivity contribution in [2.45, 2.75) is 18.9 Å². The van der Waals surface area contributed by atoms with E-state index < -0.39 is 0 Å². The van der Waals surface area contributed by atoms with Gasteiger partial charge in [0, 0.05) is 0 Å². The van der Waals surface area contributed by atoms with E-state index in [0.29, 0.717) is 6.04 Å². The maximum Gasteiger partial charge on any atom is 0.163 e. The standard InChI is InChI=1S/C11H11N4/c1-2-4-9(5-3-1)15-8-14-10-6-12-7-13-11(10)15/h2-4,6-9H,1,5H2. The summed E-state index contributed by atoms with van der Waals surface area (Å²) in [6, 6.07) is 0.360. The smallest absolute Gasteiger partial charge is 0.163 e. The molecule has 3 rings (SSSR count). The first-order valence-electron chi connectivity index (χ1n) is 5.06. The zero-order valence-electron chi connectivity index (χ0n) is 8.24. The van der Waals surface area contributed by atoms with Crippen LogP contribution in [0.1, 0.15) is 18.9 Å². The monoisotopic (exact) mass is 199 g/mol. The lowest BCUT2D eigenvalue weighted by Gasteiger charge is -2.17. The molecule has 2 aromatic rings. The fraction of sp³-hybridized carbons (Fsp3) is 0.273. The highest BCUT2D eigenvalue weighted by molar-refractivity contribution is 5.69. The van der Waals surface area contributed by atoms with E-state index in [1.54, 1.807) is 12.5 Å². The lowest BCUT2D eigenvalue weighted by Crippen LogP contribution is -2.08. The van der Waals surface area contributed by atoms with Crippen molar-refractivity contribution in [3.05, 3.63) is 37.4 Å². The number of nitrogens with zero attached hydrogens (tertiary/aromatic N) is 4. The largest absolute Gasteiger partial charge is 0.308 e.